The molecule has 1 saturated heterocycles. The average Bonchev–Trinajstić information content (AvgIpc) is 2.82. The van der Waals surface area contributed by atoms with E-state index in [4.69, 9.17) is 0 Å². The molecule has 0 aromatic rings. The van der Waals surface area contributed by atoms with Crippen molar-refractivity contribution >= 4 is 12.0 Å². The van der Waals surface area contributed by atoms with Crippen molar-refractivity contribution < 1.29 is 14.7 Å². The predicted molar refractivity (Wildman–Crippen MR) is 78.5 cm³/mol. The molecule has 1 aliphatic rings. The third-order valence-electron chi connectivity index (χ3n) is 3.93. The molecule has 2 N–H and O–H groups in total. The van der Waals surface area contributed by atoms with Crippen molar-refractivity contribution in [3.8, 4) is 0 Å². The van der Waals surface area contributed by atoms with Crippen molar-refractivity contribution in [2.75, 3.05) is 13.1 Å². The Morgan fingerprint density at radius 3 is 2.45 bits per heavy atom. The van der Waals surface area contributed by atoms with E-state index in [-0.39, 0.29) is 18.6 Å². The summed E-state index contributed by atoms with van der Waals surface area (Å²) in [7, 11) is 0. The number of aliphatic carboxylic acids is 1. The van der Waals surface area contributed by atoms with Gasteiger partial charge < -0.3 is 15.3 Å². The largest absolute Gasteiger partial charge is 0.481 e. The van der Waals surface area contributed by atoms with Gasteiger partial charge in [-0.2, -0.15) is 0 Å². The summed E-state index contributed by atoms with van der Waals surface area (Å²) in [6.45, 7) is 9.22. The number of hydrogen-bond acceptors (Lipinski definition) is 2. The van der Waals surface area contributed by atoms with Gasteiger partial charge in [0, 0.05) is 19.1 Å². The summed E-state index contributed by atoms with van der Waals surface area (Å²) in [6, 6.07) is 0.166. The van der Waals surface area contributed by atoms with Gasteiger partial charge >= 0.3 is 12.0 Å². The van der Waals surface area contributed by atoms with Crippen LogP contribution in [0.2, 0.25) is 0 Å². The molecule has 116 valence electrons. The van der Waals surface area contributed by atoms with Crippen molar-refractivity contribution in [2.45, 2.75) is 53.0 Å². The molecule has 0 radical (unpaired) electrons. The van der Waals surface area contributed by atoms with Gasteiger partial charge in [0.15, 0.2) is 0 Å². The van der Waals surface area contributed by atoms with Crippen LogP contribution in [0.1, 0.15) is 47.0 Å². The fourth-order valence-electron chi connectivity index (χ4n) is 2.89. The first-order valence-electron chi connectivity index (χ1n) is 7.60. The smallest absolute Gasteiger partial charge is 0.317 e. The molecule has 2 amide bonds. The van der Waals surface area contributed by atoms with Crippen molar-refractivity contribution in [3.63, 3.8) is 0 Å². The highest BCUT2D eigenvalue weighted by Gasteiger charge is 2.31. The fourth-order valence-corrected chi connectivity index (χ4v) is 2.89. The first-order valence-corrected chi connectivity index (χ1v) is 7.60. The number of nitrogens with one attached hydrogen (secondary N) is 1. The summed E-state index contributed by atoms with van der Waals surface area (Å²) in [5, 5.41) is 12.0. The molecule has 1 fully saturated rings. The van der Waals surface area contributed by atoms with Gasteiger partial charge in [-0.3, -0.25) is 4.79 Å². The van der Waals surface area contributed by atoms with E-state index >= 15 is 0 Å². The molecule has 2 unspecified atom stereocenters. The zero-order valence-electron chi connectivity index (χ0n) is 13.1. The summed E-state index contributed by atoms with van der Waals surface area (Å²) in [5.74, 6) is -0.586. The second-order valence-corrected chi connectivity index (χ2v) is 6.50. The van der Waals surface area contributed by atoms with Crippen molar-refractivity contribution in [2.24, 2.45) is 17.8 Å². The van der Waals surface area contributed by atoms with Gasteiger partial charge in [0.05, 0.1) is 5.92 Å². The Hall–Kier alpha value is -1.26. The maximum atomic E-state index is 12.2. The minimum Gasteiger partial charge on any atom is -0.481 e. The molecular formula is C15H28N2O3. The number of rotatable bonds is 6. The van der Waals surface area contributed by atoms with E-state index in [1.54, 1.807) is 0 Å². The third-order valence-corrected chi connectivity index (χ3v) is 3.93. The number of amides is 2. The van der Waals surface area contributed by atoms with Crippen LogP contribution in [0.3, 0.4) is 0 Å². The summed E-state index contributed by atoms with van der Waals surface area (Å²) >= 11 is 0. The summed E-state index contributed by atoms with van der Waals surface area (Å²) < 4.78 is 0. The van der Waals surface area contributed by atoms with E-state index in [0.717, 1.165) is 19.4 Å². The van der Waals surface area contributed by atoms with Crippen LogP contribution in [0, 0.1) is 17.8 Å². The lowest BCUT2D eigenvalue weighted by Gasteiger charge is -2.28. The minimum absolute atomic E-state index is 0.115. The Bertz CT molecular complexity index is 342. The van der Waals surface area contributed by atoms with E-state index in [1.165, 1.54) is 0 Å². The summed E-state index contributed by atoms with van der Waals surface area (Å²) in [4.78, 5) is 25.2. The van der Waals surface area contributed by atoms with Gasteiger partial charge in [0.25, 0.3) is 0 Å². The van der Waals surface area contributed by atoms with Crippen LogP contribution in [0.15, 0.2) is 0 Å². The van der Waals surface area contributed by atoms with Crippen molar-refractivity contribution in [1.29, 1.82) is 0 Å². The molecule has 1 heterocycles. The third kappa shape index (κ3) is 4.69. The van der Waals surface area contributed by atoms with E-state index in [9.17, 15) is 14.7 Å². The molecular weight excluding hydrogens is 256 g/mol. The first-order chi connectivity index (χ1) is 9.32. The average molecular weight is 284 g/mol. The molecule has 0 aromatic carbocycles. The molecule has 0 saturated carbocycles. The number of carboxylic acid groups (broad SMARTS) is 1. The van der Waals surface area contributed by atoms with Crippen molar-refractivity contribution in [3.05, 3.63) is 0 Å². The molecule has 5 nitrogen and oxygen atoms in total. The lowest BCUT2D eigenvalue weighted by molar-refractivity contribution is -0.142. The number of carbonyl (C=O) groups is 2. The maximum absolute atomic E-state index is 12.2. The van der Waals surface area contributed by atoms with Gasteiger partial charge in [0.1, 0.15) is 0 Å². The second kappa shape index (κ2) is 7.50. The lowest BCUT2D eigenvalue weighted by Crippen LogP contribution is -2.46. The molecule has 5 heteroatoms. The van der Waals surface area contributed by atoms with Gasteiger partial charge in [-0.25, -0.2) is 4.79 Å². The number of hydrogen-bond donors (Lipinski definition) is 2. The highest BCUT2D eigenvalue weighted by Crippen LogP contribution is 2.23. The minimum atomic E-state index is -0.833. The van der Waals surface area contributed by atoms with E-state index in [0.29, 0.717) is 18.3 Å². The highest BCUT2D eigenvalue weighted by molar-refractivity contribution is 5.76. The van der Waals surface area contributed by atoms with Crippen LogP contribution in [0.5, 0.6) is 0 Å². The van der Waals surface area contributed by atoms with Gasteiger partial charge in [0.2, 0.25) is 0 Å². The predicted octanol–water partition coefficient (Wildman–Crippen LogP) is 2.56. The zero-order valence-corrected chi connectivity index (χ0v) is 13.1. The number of likely N-dealkylation sites (tertiary alicyclic amines) is 1. The van der Waals surface area contributed by atoms with Gasteiger partial charge in [-0.05, 0) is 31.1 Å². The lowest BCUT2D eigenvalue weighted by atomic mass is 9.97. The van der Waals surface area contributed by atoms with Crippen molar-refractivity contribution in [1.82, 2.24) is 10.2 Å². The first kappa shape index (κ1) is 16.8. The van der Waals surface area contributed by atoms with Gasteiger partial charge in [-0.15, -0.1) is 0 Å². The standard InChI is InChI=1S/C15H28N2O3/c1-10(2)8-12(14(18)19)9-16-15(20)17-7-5-6-13(17)11(3)4/h10-13H,5-9H2,1-4H3,(H,16,20)(H,18,19). The molecule has 2 atom stereocenters. The Kier molecular flexibility index (Phi) is 6.30. The number of urea groups is 1. The van der Waals surface area contributed by atoms with Crippen LogP contribution >= 0.6 is 0 Å². The second-order valence-electron chi connectivity index (χ2n) is 6.50. The van der Waals surface area contributed by atoms with E-state index in [1.807, 2.05) is 18.7 Å². The monoisotopic (exact) mass is 284 g/mol. The summed E-state index contributed by atoms with van der Waals surface area (Å²) in [5.41, 5.74) is 0. The normalized spacial score (nSPS) is 20.5. The molecule has 1 rings (SSSR count). The number of carboxylic acids is 1. The number of nitrogens with zero attached hydrogens (tertiary/aromatic N) is 1. The summed E-state index contributed by atoms with van der Waals surface area (Å²) in [6.07, 6.45) is 2.66. The van der Waals surface area contributed by atoms with Crippen LogP contribution in [-0.4, -0.2) is 41.1 Å². The molecule has 1 aliphatic heterocycles. The van der Waals surface area contributed by atoms with Crippen LogP contribution in [-0.2, 0) is 4.79 Å². The fraction of sp³-hybridized carbons (Fsp3) is 0.867. The Morgan fingerprint density at radius 1 is 1.30 bits per heavy atom. The maximum Gasteiger partial charge on any atom is 0.317 e. The topological polar surface area (TPSA) is 69.6 Å². The molecule has 0 bridgehead atoms. The molecule has 0 aromatic heterocycles. The quantitative estimate of drug-likeness (QED) is 0.787. The molecule has 20 heavy (non-hydrogen) atoms. The molecule has 0 spiro atoms. The van der Waals surface area contributed by atoms with Crippen LogP contribution < -0.4 is 5.32 Å². The van der Waals surface area contributed by atoms with Crippen LogP contribution in [0.4, 0.5) is 4.79 Å². The molecule has 0 aliphatic carbocycles. The Balaban J connectivity index is 2.50. The van der Waals surface area contributed by atoms with Crippen LogP contribution in [0.25, 0.3) is 0 Å². The van der Waals surface area contributed by atoms with Gasteiger partial charge in [-0.1, -0.05) is 27.7 Å². The van der Waals surface area contributed by atoms with E-state index < -0.39 is 11.9 Å². The highest BCUT2D eigenvalue weighted by atomic mass is 16.4. The SMILES string of the molecule is CC(C)CC(CNC(=O)N1CCCC1C(C)C)C(=O)O. The Labute approximate surface area is 121 Å². The van der Waals surface area contributed by atoms with E-state index in [2.05, 4.69) is 19.2 Å². The number of carbonyl (C=O) groups excluding carboxylic acids is 1. The Morgan fingerprint density at radius 2 is 1.95 bits per heavy atom. The zero-order chi connectivity index (χ0) is 15.3.